The van der Waals surface area contributed by atoms with Crippen LogP contribution in [0.3, 0.4) is 0 Å². The Morgan fingerprint density at radius 1 is 1.18 bits per heavy atom. The molecule has 0 radical (unpaired) electrons. The first-order valence-electron chi connectivity index (χ1n) is 15.0. The van der Waals surface area contributed by atoms with Gasteiger partial charge in [0.25, 0.3) is 5.91 Å². The molecule has 3 rings (SSSR count). The maximum Gasteiger partial charge on any atom is 0.411 e. The molecule has 248 valence electrons. The number of carbonyl (C=O) groups is 2. The number of likely N-dealkylation sites (tertiary alicyclic amines) is 1. The Bertz CT molecular complexity index is 1240. The van der Waals surface area contributed by atoms with E-state index >= 15 is 0 Å². The van der Waals surface area contributed by atoms with Crippen LogP contribution in [-0.4, -0.2) is 77.9 Å². The second-order valence-electron chi connectivity index (χ2n) is 11.7. The van der Waals surface area contributed by atoms with Gasteiger partial charge in [-0.25, -0.2) is 9.78 Å². The summed E-state index contributed by atoms with van der Waals surface area (Å²) in [6.07, 6.45) is 7.04. The molecule has 1 aliphatic rings. The molecular weight excluding hydrogens is 618 g/mol. The molecule has 1 fully saturated rings. The molecule has 1 aromatic heterocycles. The van der Waals surface area contributed by atoms with Crippen LogP contribution in [0.2, 0.25) is 0 Å². The Hall–Kier alpha value is -3.25. The van der Waals surface area contributed by atoms with Gasteiger partial charge in [-0.05, 0) is 67.0 Å². The monoisotopic (exact) mass is 663 g/mol. The van der Waals surface area contributed by atoms with E-state index in [2.05, 4.69) is 31.1 Å². The molecular formula is C32H45N3O8S2. The zero-order valence-corrected chi connectivity index (χ0v) is 28.3. The largest absolute Gasteiger partial charge is 0.493 e. The van der Waals surface area contributed by atoms with E-state index in [0.29, 0.717) is 30.1 Å². The summed E-state index contributed by atoms with van der Waals surface area (Å²) in [5.41, 5.74) is 0.843. The van der Waals surface area contributed by atoms with Gasteiger partial charge in [0.1, 0.15) is 11.6 Å². The lowest BCUT2D eigenvalue weighted by molar-refractivity contribution is -0.191. The number of rotatable bonds is 15. The van der Waals surface area contributed by atoms with Crippen LogP contribution < -0.4 is 14.8 Å². The number of hydrogen-bond donors (Lipinski definition) is 2. The average molecular weight is 664 g/mol. The van der Waals surface area contributed by atoms with Gasteiger partial charge in [-0.3, -0.25) is 10.1 Å². The zero-order chi connectivity index (χ0) is 33.2. The fourth-order valence-electron chi connectivity index (χ4n) is 4.57. The van der Waals surface area contributed by atoms with E-state index in [1.807, 2.05) is 25.1 Å². The normalized spacial score (nSPS) is 14.9. The Balaban J connectivity index is 0.00000226. The Morgan fingerprint density at radius 2 is 1.93 bits per heavy atom. The van der Waals surface area contributed by atoms with E-state index in [0.717, 1.165) is 43.6 Å². The van der Waals surface area contributed by atoms with Gasteiger partial charge in [0, 0.05) is 24.1 Å². The van der Waals surface area contributed by atoms with Crippen molar-refractivity contribution in [2.45, 2.75) is 82.5 Å². The van der Waals surface area contributed by atoms with Gasteiger partial charge in [0.15, 0.2) is 11.5 Å². The molecule has 1 saturated heterocycles. The smallest absolute Gasteiger partial charge is 0.411 e. The molecule has 2 heterocycles. The number of nitrogens with one attached hydrogen (secondary N) is 1. The summed E-state index contributed by atoms with van der Waals surface area (Å²) >= 11 is 0. The van der Waals surface area contributed by atoms with Crippen LogP contribution in [0.5, 0.6) is 11.5 Å². The Morgan fingerprint density at radius 3 is 2.58 bits per heavy atom. The van der Waals surface area contributed by atoms with Crippen molar-refractivity contribution in [3.05, 3.63) is 42.1 Å². The predicted octanol–water partition coefficient (Wildman–Crippen LogP) is 6.47. The van der Waals surface area contributed by atoms with Crippen molar-refractivity contribution in [1.29, 1.82) is 0 Å². The standard InChI is InChI=1S/C31H45N3O6S2.CO2/c1-22(41-42-28-13-7-9-15-32-28)21-40-30(37)33-25-19-27(39-17-10-6-8-14-31(2,3)4)26(38-5)18-24(25)29(36)34-16-11-12-23(34)20-35;2-1-3/h7,9,13,15,18-19,22-23,35H,6,8,10-12,14,16-17,20-21H2,1-5H3,(H,33,37);/t22?,23-;/m0./s1. The molecule has 11 nitrogen and oxygen atoms in total. The molecule has 2 atom stereocenters. The predicted molar refractivity (Wildman–Crippen MR) is 175 cm³/mol. The second kappa shape index (κ2) is 20.0. The number of ether oxygens (including phenoxy) is 3. The number of amides is 2. The first-order chi connectivity index (χ1) is 21.5. The van der Waals surface area contributed by atoms with E-state index in [4.69, 9.17) is 23.8 Å². The molecule has 1 aromatic carbocycles. The van der Waals surface area contributed by atoms with E-state index in [1.54, 1.807) is 34.0 Å². The quantitative estimate of drug-likeness (QED) is 0.160. The summed E-state index contributed by atoms with van der Waals surface area (Å²) < 4.78 is 17.1. The molecule has 45 heavy (non-hydrogen) atoms. The first kappa shape index (κ1) is 37.9. The van der Waals surface area contributed by atoms with Crippen molar-refractivity contribution in [1.82, 2.24) is 9.88 Å². The number of aliphatic hydroxyl groups is 1. The summed E-state index contributed by atoms with van der Waals surface area (Å²) in [6, 6.07) is 8.68. The highest BCUT2D eigenvalue weighted by molar-refractivity contribution is 8.76. The highest BCUT2D eigenvalue weighted by atomic mass is 33.1. The van der Waals surface area contributed by atoms with Crippen LogP contribution in [0.25, 0.3) is 0 Å². The maximum atomic E-state index is 13.6. The Kier molecular flexibility index (Phi) is 16.9. The first-order valence-corrected chi connectivity index (χ1v) is 17.2. The van der Waals surface area contributed by atoms with Gasteiger partial charge in [0.2, 0.25) is 0 Å². The highest BCUT2D eigenvalue weighted by Gasteiger charge is 2.31. The number of carbonyl (C=O) groups excluding carboxylic acids is 4. The summed E-state index contributed by atoms with van der Waals surface area (Å²) in [7, 11) is 4.60. The van der Waals surface area contributed by atoms with Crippen LogP contribution >= 0.6 is 21.6 Å². The number of pyridine rings is 1. The van der Waals surface area contributed by atoms with Crippen molar-refractivity contribution in [3.8, 4) is 11.5 Å². The molecule has 2 aromatic rings. The third-order valence-corrected chi connectivity index (χ3v) is 9.59. The summed E-state index contributed by atoms with van der Waals surface area (Å²) in [4.78, 5) is 48.7. The summed E-state index contributed by atoms with van der Waals surface area (Å²) in [5, 5.41) is 13.4. The van der Waals surface area contributed by atoms with Crippen molar-refractivity contribution < 1.29 is 38.5 Å². The number of methoxy groups -OCH3 is 1. The van der Waals surface area contributed by atoms with Crippen LogP contribution in [0.1, 0.15) is 76.6 Å². The third kappa shape index (κ3) is 13.7. The lowest BCUT2D eigenvalue weighted by atomic mass is 9.89. The van der Waals surface area contributed by atoms with Crippen molar-refractivity contribution in [2.24, 2.45) is 5.41 Å². The molecule has 0 bridgehead atoms. The Labute approximate surface area is 273 Å². The van der Waals surface area contributed by atoms with Gasteiger partial charge < -0.3 is 24.2 Å². The van der Waals surface area contributed by atoms with Gasteiger partial charge in [-0.2, -0.15) is 9.59 Å². The number of unbranched alkanes of at least 4 members (excludes halogenated alkanes) is 2. The SMILES string of the molecule is COc1cc(C(=O)N2CCC[C@H]2CO)c(NC(=O)OCC(C)SSc2ccccn2)cc1OCCCCCC(C)(C)C.O=C=O. The number of nitrogens with zero attached hydrogens (tertiary/aromatic N) is 2. The van der Waals surface area contributed by atoms with E-state index in [-0.39, 0.29) is 47.8 Å². The lowest BCUT2D eigenvalue weighted by Crippen LogP contribution is -2.38. The second-order valence-corrected chi connectivity index (χ2v) is 14.4. The van der Waals surface area contributed by atoms with Gasteiger partial charge in [-0.15, -0.1) is 0 Å². The van der Waals surface area contributed by atoms with Crippen LogP contribution in [0, 0.1) is 5.41 Å². The highest BCUT2D eigenvalue weighted by Crippen LogP contribution is 2.36. The minimum absolute atomic E-state index is 0.00631. The number of aliphatic hydroxyl groups excluding tert-OH is 1. The van der Waals surface area contributed by atoms with E-state index in [9.17, 15) is 14.7 Å². The maximum absolute atomic E-state index is 13.6. The fourth-order valence-corrected chi connectivity index (χ4v) is 6.45. The minimum Gasteiger partial charge on any atom is -0.493 e. The van der Waals surface area contributed by atoms with Crippen molar-refractivity contribution in [3.63, 3.8) is 0 Å². The summed E-state index contributed by atoms with van der Waals surface area (Å²) in [6.45, 7) is 9.76. The van der Waals surface area contributed by atoms with Crippen molar-refractivity contribution in [2.75, 3.05) is 38.8 Å². The molecule has 0 saturated carbocycles. The third-order valence-electron chi connectivity index (χ3n) is 6.83. The number of aromatic nitrogens is 1. The average Bonchev–Trinajstić information content (AvgIpc) is 3.50. The molecule has 1 aliphatic heterocycles. The molecule has 13 heteroatoms. The van der Waals surface area contributed by atoms with Crippen LogP contribution in [0.4, 0.5) is 10.5 Å². The lowest BCUT2D eigenvalue weighted by Gasteiger charge is -2.25. The van der Waals surface area contributed by atoms with Gasteiger partial charge in [0.05, 0.1) is 37.6 Å². The minimum atomic E-state index is -0.669. The number of benzene rings is 1. The number of hydrogen-bond acceptors (Lipinski definition) is 11. The van der Waals surface area contributed by atoms with Gasteiger partial charge in [-0.1, -0.05) is 50.5 Å². The zero-order valence-electron chi connectivity index (χ0n) is 26.7. The summed E-state index contributed by atoms with van der Waals surface area (Å²) in [5.74, 6) is 0.559. The molecule has 0 aliphatic carbocycles. The van der Waals surface area contributed by atoms with E-state index < -0.39 is 6.09 Å². The van der Waals surface area contributed by atoms with Crippen molar-refractivity contribution >= 4 is 45.4 Å². The van der Waals surface area contributed by atoms with Crippen LogP contribution in [-0.2, 0) is 14.3 Å². The molecule has 1 unspecified atom stereocenters. The van der Waals surface area contributed by atoms with E-state index in [1.165, 1.54) is 17.9 Å². The van der Waals surface area contributed by atoms with Crippen LogP contribution in [0.15, 0.2) is 41.6 Å². The molecule has 2 N–H and O–H groups in total. The topological polar surface area (TPSA) is 144 Å². The fraction of sp³-hybridized carbons (Fsp3) is 0.562. The molecule has 0 spiro atoms. The van der Waals surface area contributed by atoms with Gasteiger partial charge >= 0.3 is 12.2 Å². The number of anilines is 1. The molecule has 2 amide bonds.